The standard InChI is InChI=1S/C14H19NO.ClH/c1-4-5-10-16-14-8-6-13(7-9-14)11-12(2)15-3;/h1,6-9,12,15H,5,10-11H2,2-3H3;1H. The fourth-order valence-corrected chi connectivity index (χ4v) is 1.41. The number of rotatable bonds is 6. The van der Waals surface area contributed by atoms with Gasteiger partial charge < -0.3 is 10.1 Å². The minimum absolute atomic E-state index is 0. The molecule has 0 saturated heterocycles. The molecule has 0 aromatic heterocycles. The Morgan fingerprint density at radius 3 is 2.53 bits per heavy atom. The second-order valence-corrected chi connectivity index (χ2v) is 3.84. The highest BCUT2D eigenvalue weighted by molar-refractivity contribution is 5.85. The molecule has 2 nitrogen and oxygen atoms in total. The summed E-state index contributed by atoms with van der Waals surface area (Å²) in [7, 11) is 1.97. The molecular weight excluding hydrogens is 234 g/mol. The summed E-state index contributed by atoms with van der Waals surface area (Å²) in [5, 5.41) is 3.22. The van der Waals surface area contributed by atoms with Crippen molar-refractivity contribution in [2.45, 2.75) is 25.8 Å². The summed E-state index contributed by atoms with van der Waals surface area (Å²) in [5.74, 6) is 3.44. The van der Waals surface area contributed by atoms with E-state index in [0.717, 1.165) is 12.2 Å². The molecule has 1 atom stereocenters. The lowest BCUT2D eigenvalue weighted by Gasteiger charge is -2.10. The summed E-state index contributed by atoms with van der Waals surface area (Å²) in [6, 6.07) is 8.67. The van der Waals surface area contributed by atoms with Gasteiger partial charge in [0.1, 0.15) is 5.75 Å². The molecule has 0 saturated carbocycles. The van der Waals surface area contributed by atoms with E-state index in [1.807, 2.05) is 19.2 Å². The van der Waals surface area contributed by atoms with Gasteiger partial charge in [0, 0.05) is 12.5 Å². The van der Waals surface area contributed by atoms with Crippen molar-refractivity contribution in [2.75, 3.05) is 13.7 Å². The van der Waals surface area contributed by atoms with Crippen molar-refractivity contribution in [3.63, 3.8) is 0 Å². The monoisotopic (exact) mass is 253 g/mol. The third kappa shape index (κ3) is 6.21. The minimum Gasteiger partial charge on any atom is -0.493 e. The summed E-state index contributed by atoms with van der Waals surface area (Å²) >= 11 is 0. The van der Waals surface area contributed by atoms with Gasteiger partial charge in [-0.2, -0.15) is 0 Å². The van der Waals surface area contributed by atoms with Crippen LogP contribution in [0.4, 0.5) is 0 Å². The molecule has 0 aliphatic carbocycles. The average molecular weight is 254 g/mol. The van der Waals surface area contributed by atoms with Crippen LogP contribution >= 0.6 is 12.4 Å². The molecule has 1 aromatic carbocycles. The zero-order valence-corrected chi connectivity index (χ0v) is 11.2. The Bertz CT molecular complexity index is 342. The molecule has 0 aliphatic rings. The molecule has 0 fully saturated rings. The van der Waals surface area contributed by atoms with Crippen LogP contribution in [0.5, 0.6) is 5.75 Å². The van der Waals surface area contributed by atoms with Crippen LogP contribution in [0.3, 0.4) is 0 Å². The molecule has 0 spiro atoms. The van der Waals surface area contributed by atoms with Gasteiger partial charge in [0.2, 0.25) is 0 Å². The second-order valence-electron chi connectivity index (χ2n) is 3.84. The van der Waals surface area contributed by atoms with Crippen molar-refractivity contribution in [3.8, 4) is 18.1 Å². The van der Waals surface area contributed by atoms with Crippen LogP contribution in [0.1, 0.15) is 18.9 Å². The number of likely N-dealkylation sites (N-methyl/N-ethyl adjacent to an activating group) is 1. The fraction of sp³-hybridized carbons (Fsp3) is 0.429. The molecule has 0 bridgehead atoms. The first-order chi connectivity index (χ1) is 7.76. The highest BCUT2D eigenvalue weighted by atomic mass is 35.5. The number of benzene rings is 1. The number of halogens is 1. The summed E-state index contributed by atoms with van der Waals surface area (Å²) < 4.78 is 5.47. The van der Waals surface area contributed by atoms with Crippen molar-refractivity contribution < 1.29 is 4.74 Å². The van der Waals surface area contributed by atoms with Gasteiger partial charge in [0.15, 0.2) is 0 Å². The number of terminal acetylenes is 1. The lowest BCUT2D eigenvalue weighted by atomic mass is 10.1. The summed E-state index contributed by atoms with van der Waals surface area (Å²) in [4.78, 5) is 0. The van der Waals surface area contributed by atoms with E-state index >= 15 is 0 Å². The summed E-state index contributed by atoms with van der Waals surface area (Å²) in [6.07, 6.45) is 6.83. The van der Waals surface area contributed by atoms with Gasteiger partial charge >= 0.3 is 0 Å². The van der Waals surface area contributed by atoms with E-state index < -0.39 is 0 Å². The van der Waals surface area contributed by atoms with Gasteiger partial charge in [0.05, 0.1) is 6.61 Å². The maximum Gasteiger partial charge on any atom is 0.119 e. The van der Waals surface area contributed by atoms with Crippen LogP contribution in [0.2, 0.25) is 0 Å². The molecule has 1 aromatic rings. The molecule has 0 aliphatic heterocycles. The van der Waals surface area contributed by atoms with Crippen LogP contribution < -0.4 is 10.1 Å². The average Bonchev–Trinajstić information content (AvgIpc) is 2.31. The Morgan fingerprint density at radius 2 is 2.00 bits per heavy atom. The highest BCUT2D eigenvalue weighted by Crippen LogP contribution is 2.13. The van der Waals surface area contributed by atoms with Crippen LogP contribution in [0.25, 0.3) is 0 Å². The molecule has 0 amide bonds. The molecule has 3 heteroatoms. The van der Waals surface area contributed by atoms with Crippen LogP contribution in [0.15, 0.2) is 24.3 Å². The van der Waals surface area contributed by atoms with Crippen LogP contribution in [-0.2, 0) is 6.42 Å². The van der Waals surface area contributed by atoms with E-state index in [2.05, 4.69) is 30.3 Å². The van der Waals surface area contributed by atoms with Gasteiger partial charge in [-0.15, -0.1) is 24.8 Å². The maximum atomic E-state index is 5.47. The van der Waals surface area contributed by atoms with Crippen LogP contribution in [0, 0.1) is 12.3 Å². The molecule has 1 rings (SSSR count). The van der Waals surface area contributed by atoms with Gasteiger partial charge in [0.25, 0.3) is 0 Å². The number of ether oxygens (including phenoxy) is 1. The van der Waals surface area contributed by atoms with Crippen LogP contribution in [-0.4, -0.2) is 19.7 Å². The smallest absolute Gasteiger partial charge is 0.119 e. The number of hydrogen-bond donors (Lipinski definition) is 1. The number of nitrogens with one attached hydrogen (secondary N) is 1. The lowest BCUT2D eigenvalue weighted by molar-refractivity contribution is 0.327. The summed E-state index contributed by atoms with van der Waals surface area (Å²) in [6.45, 7) is 2.75. The Morgan fingerprint density at radius 1 is 1.35 bits per heavy atom. The first-order valence-corrected chi connectivity index (χ1v) is 5.58. The molecule has 0 heterocycles. The molecular formula is C14H20ClNO. The normalized spacial score (nSPS) is 11.1. The third-order valence-electron chi connectivity index (χ3n) is 2.47. The second kappa shape index (κ2) is 8.92. The van der Waals surface area contributed by atoms with Crippen molar-refractivity contribution in [1.82, 2.24) is 5.32 Å². The maximum absolute atomic E-state index is 5.47. The van der Waals surface area contributed by atoms with Gasteiger partial charge in [-0.3, -0.25) is 0 Å². The molecule has 0 radical (unpaired) electrons. The van der Waals surface area contributed by atoms with E-state index in [9.17, 15) is 0 Å². The van der Waals surface area contributed by atoms with Crippen molar-refractivity contribution in [2.24, 2.45) is 0 Å². The van der Waals surface area contributed by atoms with E-state index in [4.69, 9.17) is 11.2 Å². The Balaban J connectivity index is 0.00000256. The predicted octanol–water partition coefficient (Wildman–Crippen LogP) is 2.66. The summed E-state index contributed by atoms with van der Waals surface area (Å²) in [5.41, 5.74) is 1.31. The number of hydrogen-bond acceptors (Lipinski definition) is 2. The van der Waals surface area contributed by atoms with Gasteiger partial charge in [-0.25, -0.2) is 0 Å². The first kappa shape index (κ1) is 15.8. The first-order valence-electron chi connectivity index (χ1n) is 5.58. The Hall–Kier alpha value is -1.17. The zero-order chi connectivity index (χ0) is 11.8. The van der Waals surface area contributed by atoms with E-state index in [1.54, 1.807) is 0 Å². The minimum atomic E-state index is 0. The molecule has 94 valence electrons. The SMILES string of the molecule is C#CCCOc1ccc(CC(C)NC)cc1.Cl. The predicted molar refractivity (Wildman–Crippen MR) is 74.9 cm³/mol. The molecule has 1 N–H and O–H groups in total. The van der Waals surface area contributed by atoms with Crippen molar-refractivity contribution in [3.05, 3.63) is 29.8 Å². The van der Waals surface area contributed by atoms with Gasteiger partial charge in [-0.05, 0) is 38.1 Å². The van der Waals surface area contributed by atoms with E-state index in [-0.39, 0.29) is 12.4 Å². The third-order valence-corrected chi connectivity index (χ3v) is 2.47. The topological polar surface area (TPSA) is 21.3 Å². The van der Waals surface area contributed by atoms with Crippen molar-refractivity contribution >= 4 is 12.4 Å². The largest absolute Gasteiger partial charge is 0.493 e. The quantitative estimate of drug-likeness (QED) is 0.622. The highest BCUT2D eigenvalue weighted by Gasteiger charge is 2.00. The molecule has 1 unspecified atom stereocenters. The van der Waals surface area contributed by atoms with Gasteiger partial charge in [-0.1, -0.05) is 12.1 Å². The van der Waals surface area contributed by atoms with Crippen molar-refractivity contribution in [1.29, 1.82) is 0 Å². The zero-order valence-electron chi connectivity index (χ0n) is 10.4. The van der Waals surface area contributed by atoms with E-state index in [0.29, 0.717) is 19.1 Å². The fourth-order valence-electron chi connectivity index (χ4n) is 1.41. The Kier molecular flexibility index (Phi) is 8.31. The Labute approximate surface area is 110 Å². The van der Waals surface area contributed by atoms with E-state index in [1.165, 1.54) is 5.56 Å². The molecule has 17 heavy (non-hydrogen) atoms. The lowest BCUT2D eigenvalue weighted by Crippen LogP contribution is -2.23.